The molecule has 2 aliphatic carbocycles. The van der Waals surface area contributed by atoms with Crippen molar-refractivity contribution >= 4 is 0 Å². The molecule has 2 aliphatic rings. The van der Waals surface area contributed by atoms with Crippen molar-refractivity contribution in [3.63, 3.8) is 0 Å². The first kappa shape index (κ1) is 9.55. The van der Waals surface area contributed by atoms with Crippen molar-refractivity contribution < 1.29 is 0 Å². The third-order valence-corrected chi connectivity index (χ3v) is 5.31. The molecule has 13 heavy (non-hydrogen) atoms. The molecule has 0 heterocycles. The molecule has 0 aromatic heterocycles. The van der Waals surface area contributed by atoms with Crippen molar-refractivity contribution in [3.8, 4) is 0 Å². The predicted molar refractivity (Wildman–Crippen MR) is 57.6 cm³/mol. The van der Waals surface area contributed by atoms with E-state index in [9.17, 15) is 0 Å². The molecule has 0 aromatic carbocycles. The summed E-state index contributed by atoms with van der Waals surface area (Å²) < 4.78 is 0. The maximum Gasteiger partial charge on any atom is -0.0292 e. The minimum atomic E-state index is 0.757. The van der Waals surface area contributed by atoms with Crippen molar-refractivity contribution in [1.29, 1.82) is 0 Å². The molecule has 0 N–H and O–H groups in total. The Morgan fingerprint density at radius 3 is 2.46 bits per heavy atom. The Morgan fingerprint density at radius 1 is 1.46 bits per heavy atom. The standard InChI is InChI=1S/C13H24/c1-5-9(2)11-8-13(4)7-6-12(13)10(11)3/h9-12H,5-8H2,1-4H3. The molecule has 0 heteroatoms. The molecule has 0 radical (unpaired) electrons. The van der Waals surface area contributed by atoms with E-state index in [0.29, 0.717) is 0 Å². The summed E-state index contributed by atoms with van der Waals surface area (Å²) in [6.07, 6.45) is 5.92. The van der Waals surface area contributed by atoms with Gasteiger partial charge in [-0.15, -0.1) is 0 Å². The summed E-state index contributed by atoms with van der Waals surface area (Å²) in [7, 11) is 0. The Labute approximate surface area is 83.1 Å². The minimum absolute atomic E-state index is 0.757. The van der Waals surface area contributed by atoms with Gasteiger partial charge in [0.15, 0.2) is 0 Å². The normalized spacial score (nSPS) is 51.2. The lowest BCUT2D eigenvalue weighted by atomic mass is 9.62. The third kappa shape index (κ3) is 1.25. The Bertz CT molecular complexity index is 196. The van der Waals surface area contributed by atoms with Crippen LogP contribution in [-0.4, -0.2) is 0 Å². The molecule has 0 aromatic rings. The van der Waals surface area contributed by atoms with Gasteiger partial charge in [-0.1, -0.05) is 34.1 Å². The first-order valence-corrected chi connectivity index (χ1v) is 6.08. The van der Waals surface area contributed by atoms with Crippen LogP contribution in [0.5, 0.6) is 0 Å². The van der Waals surface area contributed by atoms with Crippen LogP contribution in [0.25, 0.3) is 0 Å². The molecule has 0 spiro atoms. The monoisotopic (exact) mass is 180 g/mol. The van der Waals surface area contributed by atoms with Gasteiger partial charge in [0.25, 0.3) is 0 Å². The van der Waals surface area contributed by atoms with Gasteiger partial charge in [-0.05, 0) is 48.3 Å². The van der Waals surface area contributed by atoms with E-state index in [4.69, 9.17) is 0 Å². The van der Waals surface area contributed by atoms with Crippen LogP contribution in [0.2, 0.25) is 0 Å². The van der Waals surface area contributed by atoms with Gasteiger partial charge < -0.3 is 0 Å². The van der Waals surface area contributed by atoms with Gasteiger partial charge in [0.1, 0.15) is 0 Å². The molecule has 0 saturated heterocycles. The lowest BCUT2D eigenvalue weighted by Gasteiger charge is -2.43. The Kier molecular flexibility index (Phi) is 2.20. The Hall–Kier alpha value is 0. The van der Waals surface area contributed by atoms with Gasteiger partial charge >= 0.3 is 0 Å². The van der Waals surface area contributed by atoms with Crippen LogP contribution in [0.3, 0.4) is 0 Å². The Balaban J connectivity index is 2.08. The molecule has 2 saturated carbocycles. The zero-order valence-electron chi connectivity index (χ0n) is 9.64. The van der Waals surface area contributed by atoms with E-state index in [1.165, 1.54) is 25.7 Å². The van der Waals surface area contributed by atoms with Crippen LogP contribution in [-0.2, 0) is 0 Å². The van der Waals surface area contributed by atoms with Crippen molar-refractivity contribution in [2.24, 2.45) is 29.1 Å². The average Bonchev–Trinajstić information content (AvgIpc) is 2.25. The van der Waals surface area contributed by atoms with Gasteiger partial charge in [0.2, 0.25) is 0 Å². The fourth-order valence-electron chi connectivity index (χ4n) is 4.00. The third-order valence-electron chi connectivity index (χ3n) is 5.31. The molecule has 0 amide bonds. The van der Waals surface area contributed by atoms with Crippen LogP contribution in [0.15, 0.2) is 0 Å². The van der Waals surface area contributed by atoms with Gasteiger partial charge in [0, 0.05) is 0 Å². The van der Waals surface area contributed by atoms with Crippen LogP contribution in [0.4, 0.5) is 0 Å². The molecule has 2 rings (SSSR count). The second kappa shape index (κ2) is 3.00. The summed E-state index contributed by atoms with van der Waals surface area (Å²) in [6.45, 7) is 9.83. The molecule has 76 valence electrons. The summed E-state index contributed by atoms with van der Waals surface area (Å²) >= 11 is 0. The van der Waals surface area contributed by atoms with E-state index in [1.807, 2.05) is 0 Å². The zero-order chi connectivity index (χ0) is 9.64. The number of fused-ring (bicyclic) bond motifs is 1. The van der Waals surface area contributed by atoms with E-state index in [-0.39, 0.29) is 0 Å². The summed E-state index contributed by atoms with van der Waals surface area (Å²) in [6, 6.07) is 0. The van der Waals surface area contributed by atoms with Crippen LogP contribution in [0.1, 0.15) is 53.4 Å². The predicted octanol–water partition coefficient (Wildman–Crippen LogP) is 4.10. The molecule has 0 nitrogen and oxygen atoms in total. The molecular weight excluding hydrogens is 156 g/mol. The van der Waals surface area contributed by atoms with E-state index in [2.05, 4.69) is 27.7 Å². The molecule has 0 bridgehead atoms. The van der Waals surface area contributed by atoms with Crippen molar-refractivity contribution in [3.05, 3.63) is 0 Å². The summed E-state index contributed by atoms with van der Waals surface area (Å²) in [5, 5.41) is 0. The minimum Gasteiger partial charge on any atom is -0.0651 e. The smallest absolute Gasteiger partial charge is 0.0292 e. The maximum atomic E-state index is 2.53. The molecule has 2 fully saturated rings. The van der Waals surface area contributed by atoms with Crippen LogP contribution >= 0.6 is 0 Å². The second-order valence-electron chi connectivity index (χ2n) is 5.91. The number of rotatable bonds is 2. The van der Waals surface area contributed by atoms with Crippen molar-refractivity contribution in [2.45, 2.75) is 53.4 Å². The van der Waals surface area contributed by atoms with E-state index in [1.54, 1.807) is 0 Å². The SMILES string of the molecule is CCC(C)C1CC2(C)CCC2C1C. The number of hydrogen-bond donors (Lipinski definition) is 0. The van der Waals surface area contributed by atoms with Crippen molar-refractivity contribution in [1.82, 2.24) is 0 Å². The fourth-order valence-corrected chi connectivity index (χ4v) is 4.00. The molecular formula is C13H24. The number of hydrogen-bond acceptors (Lipinski definition) is 0. The van der Waals surface area contributed by atoms with Gasteiger partial charge in [-0.25, -0.2) is 0 Å². The topological polar surface area (TPSA) is 0 Å². The Morgan fingerprint density at radius 2 is 2.15 bits per heavy atom. The van der Waals surface area contributed by atoms with E-state index >= 15 is 0 Å². The van der Waals surface area contributed by atoms with Crippen LogP contribution < -0.4 is 0 Å². The summed E-state index contributed by atoms with van der Waals surface area (Å²) in [5.41, 5.74) is 0.757. The molecule has 5 atom stereocenters. The average molecular weight is 180 g/mol. The molecule has 5 unspecified atom stereocenters. The highest BCUT2D eigenvalue weighted by Gasteiger charge is 2.54. The summed E-state index contributed by atoms with van der Waals surface area (Å²) in [4.78, 5) is 0. The highest BCUT2D eigenvalue weighted by molar-refractivity contribution is 5.04. The highest BCUT2D eigenvalue weighted by atomic mass is 14.6. The van der Waals surface area contributed by atoms with Crippen molar-refractivity contribution in [2.75, 3.05) is 0 Å². The van der Waals surface area contributed by atoms with E-state index < -0.39 is 0 Å². The highest BCUT2D eigenvalue weighted by Crippen LogP contribution is 2.63. The first-order valence-electron chi connectivity index (χ1n) is 6.08. The van der Waals surface area contributed by atoms with E-state index in [0.717, 1.165) is 29.1 Å². The first-order chi connectivity index (χ1) is 6.08. The van der Waals surface area contributed by atoms with Gasteiger partial charge in [0.05, 0.1) is 0 Å². The largest absolute Gasteiger partial charge is 0.0651 e. The van der Waals surface area contributed by atoms with Gasteiger partial charge in [-0.2, -0.15) is 0 Å². The lowest BCUT2D eigenvalue weighted by Crippen LogP contribution is -2.34. The van der Waals surface area contributed by atoms with Gasteiger partial charge in [-0.3, -0.25) is 0 Å². The lowest BCUT2D eigenvalue weighted by molar-refractivity contribution is 0.0641. The van der Waals surface area contributed by atoms with Crippen LogP contribution in [0, 0.1) is 29.1 Å². The molecule has 0 aliphatic heterocycles. The zero-order valence-corrected chi connectivity index (χ0v) is 9.64. The fraction of sp³-hybridized carbons (Fsp3) is 1.00. The maximum absolute atomic E-state index is 2.53. The second-order valence-corrected chi connectivity index (χ2v) is 5.91. The summed E-state index contributed by atoms with van der Waals surface area (Å²) in [5.74, 6) is 4.07. The quantitative estimate of drug-likeness (QED) is 0.600.